The van der Waals surface area contributed by atoms with Crippen LogP contribution in [0.3, 0.4) is 0 Å². The summed E-state index contributed by atoms with van der Waals surface area (Å²) in [6, 6.07) is 4.54. The molecule has 1 rings (SSSR count). The predicted molar refractivity (Wildman–Crippen MR) is 77.7 cm³/mol. The molecule has 0 aliphatic carbocycles. The van der Waals surface area contributed by atoms with E-state index in [1.807, 2.05) is 0 Å². The van der Waals surface area contributed by atoms with Crippen LogP contribution in [-0.4, -0.2) is 22.7 Å². The van der Waals surface area contributed by atoms with Crippen molar-refractivity contribution in [3.8, 4) is 5.75 Å². The van der Waals surface area contributed by atoms with Crippen LogP contribution in [-0.2, 0) is 4.74 Å². The van der Waals surface area contributed by atoms with Gasteiger partial charge in [-0.3, -0.25) is 5.32 Å². The number of rotatable bonds is 3. The monoisotopic (exact) mass is 283 g/mol. The fourth-order valence-corrected chi connectivity index (χ4v) is 1.56. The lowest BCUT2D eigenvalue weighted by molar-refractivity contribution is 0.0636. The Morgan fingerprint density at radius 3 is 2.63 bits per heavy atom. The maximum atomic E-state index is 11.7. The van der Waals surface area contributed by atoms with Crippen LogP contribution in [0.15, 0.2) is 24.8 Å². The summed E-state index contributed by atoms with van der Waals surface area (Å²) < 4.78 is 5.17. The van der Waals surface area contributed by atoms with Gasteiger partial charge in [0.15, 0.2) is 0 Å². The summed E-state index contributed by atoms with van der Waals surface area (Å²) in [5, 5.41) is 12.1. The first kappa shape index (κ1) is 15.4. The van der Waals surface area contributed by atoms with Crippen LogP contribution in [0.1, 0.15) is 26.3 Å². The Hall–Kier alpha value is -1.68. The summed E-state index contributed by atoms with van der Waals surface area (Å²) in [5.74, 6) is 0.280. The molecule has 0 bridgehead atoms. The molecule has 4 nitrogen and oxygen atoms in total. The number of anilines is 1. The van der Waals surface area contributed by atoms with Gasteiger partial charge in [-0.05, 0) is 44.5 Å². The molecule has 1 aromatic rings. The molecule has 0 atom stereocenters. The minimum atomic E-state index is -0.579. The normalized spacial score (nSPS) is 10.9. The van der Waals surface area contributed by atoms with Gasteiger partial charge in [0.1, 0.15) is 11.4 Å². The average Bonchev–Trinajstić information content (AvgIpc) is 2.28. The minimum absolute atomic E-state index is 0.0796. The lowest BCUT2D eigenvalue weighted by Crippen LogP contribution is -2.27. The molecule has 1 amide bonds. The fourth-order valence-electron chi connectivity index (χ4n) is 1.42. The molecular weight excluding hydrogens is 266 g/mol. The van der Waals surface area contributed by atoms with Gasteiger partial charge in [0, 0.05) is 11.4 Å². The van der Waals surface area contributed by atoms with Crippen molar-refractivity contribution >= 4 is 29.0 Å². The Kier molecular flexibility index (Phi) is 4.84. The third kappa shape index (κ3) is 4.83. The second-order valence-electron chi connectivity index (χ2n) is 5.09. The van der Waals surface area contributed by atoms with Gasteiger partial charge in [0.2, 0.25) is 0 Å². The van der Waals surface area contributed by atoms with E-state index >= 15 is 0 Å². The third-order valence-corrected chi connectivity index (χ3v) is 2.50. The van der Waals surface area contributed by atoms with E-state index in [4.69, 9.17) is 16.3 Å². The molecular formula is C14H18ClNO3. The van der Waals surface area contributed by atoms with Crippen molar-refractivity contribution in [1.82, 2.24) is 0 Å². The maximum absolute atomic E-state index is 11.7. The highest BCUT2D eigenvalue weighted by molar-refractivity contribution is 6.23. The van der Waals surface area contributed by atoms with Crippen LogP contribution in [0.25, 0.3) is 5.57 Å². The number of carbonyl (C=O) groups is 1. The Morgan fingerprint density at radius 1 is 1.47 bits per heavy atom. The molecule has 19 heavy (non-hydrogen) atoms. The smallest absolute Gasteiger partial charge is 0.412 e. The number of halogens is 1. The number of alkyl halides is 1. The number of carbonyl (C=O) groups excluding carboxylic acids is 1. The Bertz CT molecular complexity index is 492. The molecule has 0 saturated carbocycles. The molecule has 104 valence electrons. The first-order valence-corrected chi connectivity index (χ1v) is 6.33. The number of hydrogen-bond donors (Lipinski definition) is 2. The number of hydrogen-bond acceptors (Lipinski definition) is 3. The summed E-state index contributed by atoms with van der Waals surface area (Å²) in [6.45, 7) is 9.13. The van der Waals surface area contributed by atoms with Crippen LogP contribution in [0, 0.1) is 0 Å². The van der Waals surface area contributed by atoms with E-state index in [2.05, 4.69) is 11.9 Å². The first-order valence-electron chi connectivity index (χ1n) is 5.80. The van der Waals surface area contributed by atoms with Crippen molar-refractivity contribution in [2.45, 2.75) is 26.4 Å². The van der Waals surface area contributed by atoms with Gasteiger partial charge in [0.05, 0.1) is 5.69 Å². The van der Waals surface area contributed by atoms with E-state index < -0.39 is 11.7 Å². The zero-order valence-electron chi connectivity index (χ0n) is 11.3. The largest absolute Gasteiger partial charge is 0.508 e. The number of nitrogens with one attached hydrogen (secondary N) is 1. The van der Waals surface area contributed by atoms with Crippen LogP contribution in [0.4, 0.5) is 10.5 Å². The second kappa shape index (κ2) is 5.97. The highest BCUT2D eigenvalue weighted by Crippen LogP contribution is 2.28. The van der Waals surface area contributed by atoms with Gasteiger partial charge in [0.25, 0.3) is 0 Å². The van der Waals surface area contributed by atoms with E-state index in [-0.39, 0.29) is 11.6 Å². The molecule has 0 fully saturated rings. The van der Waals surface area contributed by atoms with Crippen LogP contribution in [0.2, 0.25) is 0 Å². The molecule has 2 N–H and O–H groups in total. The topological polar surface area (TPSA) is 58.6 Å². The van der Waals surface area contributed by atoms with E-state index in [9.17, 15) is 9.90 Å². The predicted octanol–water partition coefficient (Wildman–Crippen LogP) is 3.99. The van der Waals surface area contributed by atoms with Crippen molar-refractivity contribution in [3.63, 3.8) is 0 Å². The number of ether oxygens (including phenoxy) is 1. The lowest BCUT2D eigenvalue weighted by Gasteiger charge is -2.20. The van der Waals surface area contributed by atoms with Gasteiger partial charge < -0.3 is 9.84 Å². The highest BCUT2D eigenvalue weighted by Gasteiger charge is 2.17. The summed E-state index contributed by atoms with van der Waals surface area (Å²) >= 11 is 5.73. The van der Waals surface area contributed by atoms with Crippen LogP contribution < -0.4 is 5.32 Å². The molecule has 5 heteroatoms. The van der Waals surface area contributed by atoms with Crippen LogP contribution in [0.5, 0.6) is 5.75 Å². The van der Waals surface area contributed by atoms with Gasteiger partial charge in [-0.15, -0.1) is 11.6 Å². The van der Waals surface area contributed by atoms with E-state index in [1.165, 1.54) is 12.1 Å². The molecule has 0 aliphatic heterocycles. The maximum Gasteiger partial charge on any atom is 0.412 e. The van der Waals surface area contributed by atoms with Crippen LogP contribution >= 0.6 is 11.6 Å². The minimum Gasteiger partial charge on any atom is -0.508 e. The molecule has 0 unspecified atom stereocenters. The first-order chi connectivity index (χ1) is 8.73. The van der Waals surface area contributed by atoms with E-state index in [1.54, 1.807) is 26.8 Å². The van der Waals surface area contributed by atoms with Gasteiger partial charge in [-0.2, -0.15) is 0 Å². The molecule has 0 heterocycles. The second-order valence-corrected chi connectivity index (χ2v) is 5.36. The molecule has 0 radical (unpaired) electrons. The molecule has 0 aliphatic rings. The highest BCUT2D eigenvalue weighted by atomic mass is 35.5. The molecule has 0 spiro atoms. The van der Waals surface area contributed by atoms with Gasteiger partial charge >= 0.3 is 6.09 Å². The summed E-state index contributed by atoms with van der Waals surface area (Å²) in [4.78, 5) is 11.7. The Morgan fingerprint density at radius 2 is 2.11 bits per heavy atom. The fraction of sp³-hybridized carbons (Fsp3) is 0.357. The summed E-state index contributed by atoms with van der Waals surface area (Å²) in [6.07, 6.45) is -0.568. The van der Waals surface area contributed by atoms with Gasteiger partial charge in [-0.1, -0.05) is 6.58 Å². The Balaban J connectivity index is 2.95. The number of aromatic hydroxyl groups is 1. The zero-order chi connectivity index (χ0) is 14.6. The standard InChI is InChI=1S/C14H18ClNO3/c1-9(8-15)11-7-10(17)5-6-12(11)16-13(18)19-14(2,3)4/h5-7,17H,1,8H2,2-4H3,(H,16,18). The third-order valence-electron chi connectivity index (χ3n) is 2.18. The average molecular weight is 284 g/mol. The number of benzene rings is 1. The van der Waals surface area contributed by atoms with E-state index in [0.717, 1.165) is 0 Å². The van der Waals surface area contributed by atoms with Crippen molar-refractivity contribution in [2.75, 3.05) is 11.2 Å². The SMILES string of the molecule is C=C(CCl)c1cc(O)ccc1NC(=O)OC(C)(C)C. The molecule has 0 saturated heterocycles. The Labute approximate surface area is 118 Å². The number of phenols is 1. The number of amides is 1. The van der Waals surface area contributed by atoms with Crippen molar-refractivity contribution in [2.24, 2.45) is 0 Å². The summed E-state index contributed by atoms with van der Waals surface area (Å²) in [7, 11) is 0. The number of allylic oxidation sites excluding steroid dienone is 1. The van der Waals surface area contributed by atoms with Crippen molar-refractivity contribution < 1.29 is 14.6 Å². The molecule has 1 aromatic carbocycles. The van der Waals surface area contributed by atoms with Gasteiger partial charge in [-0.25, -0.2) is 4.79 Å². The lowest BCUT2D eigenvalue weighted by atomic mass is 10.1. The zero-order valence-corrected chi connectivity index (χ0v) is 12.0. The number of phenolic OH excluding ortho intramolecular Hbond substituents is 1. The van der Waals surface area contributed by atoms with Crippen molar-refractivity contribution in [3.05, 3.63) is 30.3 Å². The van der Waals surface area contributed by atoms with Crippen molar-refractivity contribution in [1.29, 1.82) is 0 Å². The molecule has 0 aromatic heterocycles. The van der Waals surface area contributed by atoms with E-state index in [0.29, 0.717) is 16.8 Å². The summed E-state index contributed by atoms with van der Waals surface area (Å²) in [5.41, 5.74) is 1.10. The quantitative estimate of drug-likeness (QED) is 0.651.